The number of carbonyl (C=O) groups excluding carboxylic acids is 2. The van der Waals surface area contributed by atoms with Crippen molar-refractivity contribution in [3.05, 3.63) is 59.9 Å². The highest BCUT2D eigenvalue weighted by atomic mass is 16.2. The number of carbonyl (C=O) groups is 2. The highest BCUT2D eigenvalue weighted by Crippen LogP contribution is 2.21. The number of anilines is 1. The molecule has 4 rings (SSSR count). The molecule has 1 aliphatic rings. The van der Waals surface area contributed by atoms with E-state index in [0.717, 1.165) is 48.5 Å². The summed E-state index contributed by atoms with van der Waals surface area (Å²) in [4.78, 5) is 30.5. The first-order chi connectivity index (χ1) is 13.6. The van der Waals surface area contributed by atoms with Crippen molar-refractivity contribution in [3.63, 3.8) is 0 Å². The van der Waals surface area contributed by atoms with Crippen LogP contribution in [-0.4, -0.2) is 34.5 Å². The lowest BCUT2D eigenvalue weighted by atomic mass is 10.2. The molecular weight excluding hydrogens is 352 g/mol. The molecule has 1 aliphatic heterocycles. The van der Waals surface area contributed by atoms with E-state index in [4.69, 9.17) is 0 Å². The van der Waals surface area contributed by atoms with E-state index in [2.05, 4.69) is 20.9 Å². The fourth-order valence-corrected chi connectivity index (χ4v) is 3.73. The van der Waals surface area contributed by atoms with Crippen molar-refractivity contribution >= 4 is 28.5 Å². The third-order valence-electron chi connectivity index (χ3n) is 5.20. The van der Waals surface area contributed by atoms with Crippen molar-refractivity contribution in [2.24, 2.45) is 0 Å². The number of hydrogen-bond donors (Lipinski definition) is 1. The Kier molecular flexibility index (Phi) is 5.10. The summed E-state index contributed by atoms with van der Waals surface area (Å²) >= 11 is 0. The second kappa shape index (κ2) is 7.84. The summed E-state index contributed by atoms with van der Waals surface area (Å²) < 4.78 is 2.18. The number of amides is 2. The Hall–Kier alpha value is -3.15. The van der Waals surface area contributed by atoms with Gasteiger partial charge < -0.3 is 14.8 Å². The zero-order valence-electron chi connectivity index (χ0n) is 16.0. The predicted molar refractivity (Wildman–Crippen MR) is 109 cm³/mol. The number of nitrogens with one attached hydrogen (secondary N) is 1. The van der Waals surface area contributed by atoms with E-state index < -0.39 is 0 Å². The molecule has 3 aromatic rings. The van der Waals surface area contributed by atoms with E-state index in [0.29, 0.717) is 18.5 Å². The van der Waals surface area contributed by atoms with Gasteiger partial charge >= 0.3 is 0 Å². The van der Waals surface area contributed by atoms with Crippen molar-refractivity contribution in [1.29, 1.82) is 0 Å². The van der Waals surface area contributed by atoms with Gasteiger partial charge in [0.15, 0.2) is 0 Å². The van der Waals surface area contributed by atoms with Crippen molar-refractivity contribution in [1.82, 2.24) is 14.9 Å². The highest BCUT2D eigenvalue weighted by molar-refractivity contribution is 5.97. The van der Waals surface area contributed by atoms with E-state index in [9.17, 15) is 9.59 Å². The summed E-state index contributed by atoms with van der Waals surface area (Å²) in [6, 6.07) is 15.3. The maximum absolute atomic E-state index is 12.4. The monoisotopic (exact) mass is 376 g/mol. The number of rotatable bonds is 6. The Labute approximate surface area is 164 Å². The van der Waals surface area contributed by atoms with Crippen LogP contribution in [0.15, 0.2) is 48.5 Å². The molecule has 0 radical (unpaired) electrons. The molecule has 2 heterocycles. The Morgan fingerprint density at radius 3 is 2.68 bits per heavy atom. The van der Waals surface area contributed by atoms with Crippen LogP contribution in [0.5, 0.6) is 0 Å². The highest BCUT2D eigenvalue weighted by Gasteiger charge is 2.21. The van der Waals surface area contributed by atoms with Crippen LogP contribution >= 0.6 is 0 Å². The number of imidazole rings is 1. The average molecular weight is 376 g/mol. The molecule has 28 heavy (non-hydrogen) atoms. The molecule has 1 aromatic heterocycles. The number of fused-ring (bicyclic) bond motifs is 1. The second-order valence-corrected chi connectivity index (χ2v) is 7.10. The predicted octanol–water partition coefficient (Wildman–Crippen LogP) is 3.29. The summed E-state index contributed by atoms with van der Waals surface area (Å²) in [5, 5.41) is 2.97. The summed E-state index contributed by atoms with van der Waals surface area (Å²) in [7, 11) is 0. The van der Waals surface area contributed by atoms with E-state index in [1.807, 2.05) is 37.3 Å². The number of para-hydroxylation sites is 2. The first-order valence-electron chi connectivity index (χ1n) is 9.74. The smallest absolute Gasteiger partial charge is 0.251 e. The van der Waals surface area contributed by atoms with Gasteiger partial charge in [0.1, 0.15) is 5.82 Å². The Morgan fingerprint density at radius 1 is 1.14 bits per heavy atom. The van der Waals surface area contributed by atoms with Gasteiger partial charge in [-0.25, -0.2) is 4.98 Å². The van der Waals surface area contributed by atoms with Gasteiger partial charge in [0.05, 0.1) is 11.0 Å². The maximum atomic E-state index is 12.4. The minimum Gasteiger partial charge on any atom is -0.352 e. The van der Waals surface area contributed by atoms with E-state index >= 15 is 0 Å². The number of benzene rings is 2. The fraction of sp³-hybridized carbons (Fsp3) is 0.318. The Morgan fingerprint density at radius 2 is 1.93 bits per heavy atom. The largest absolute Gasteiger partial charge is 0.352 e. The fourth-order valence-electron chi connectivity index (χ4n) is 3.73. The number of hydrogen-bond acceptors (Lipinski definition) is 3. The molecule has 0 spiro atoms. The molecule has 1 N–H and O–H groups in total. The Balaban J connectivity index is 1.31. The standard InChI is InChI=1S/C22H24N4O2/c1-16-24-19-6-2-3-7-20(19)25(16)15-5-13-23-22(28)17-9-11-18(12-10-17)26-14-4-8-21(26)27/h2-3,6-7,9-12H,4-5,8,13-15H2,1H3,(H,23,28). The molecule has 144 valence electrons. The van der Waals surface area contributed by atoms with Gasteiger partial charge in [-0.2, -0.15) is 0 Å². The number of aryl methyl sites for hydroxylation is 2. The van der Waals surface area contributed by atoms with Crippen LogP contribution in [0.4, 0.5) is 5.69 Å². The van der Waals surface area contributed by atoms with Gasteiger partial charge in [0, 0.05) is 37.3 Å². The van der Waals surface area contributed by atoms with Crippen LogP contribution in [0.3, 0.4) is 0 Å². The number of aromatic nitrogens is 2. The molecule has 1 fully saturated rings. The van der Waals surface area contributed by atoms with Gasteiger partial charge in [0.2, 0.25) is 5.91 Å². The number of nitrogens with zero attached hydrogens (tertiary/aromatic N) is 3. The maximum Gasteiger partial charge on any atom is 0.251 e. The van der Waals surface area contributed by atoms with Gasteiger partial charge in [0.25, 0.3) is 5.91 Å². The molecule has 0 saturated carbocycles. The minimum atomic E-state index is -0.0912. The first kappa shape index (κ1) is 18.2. The normalized spacial score (nSPS) is 14.0. The van der Waals surface area contributed by atoms with Crippen molar-refractivity contribution < 1.29 is 9.59 Å². The lowest BCUT2D eigenvalue weighted by molar-refractivity contribution is -0.117. The van der Waals surface area contributed by atoms with E-state index in [1.165, 1.54) is 0 Å². The summed E-state index contributed by atoms with van der Waals surface area (Å²) in [6.07, 6.45) is 2.33. The first-order valence-corrected chi connectivity index (χ1v) is 9.74. The van der Waals surface area contributed by atoms with Gasteiger partial charge in [-0.15, -0.1) is 0 Å². The lowest BCUT2D eigenvalue weighted by Gasteiger charge is -2.15. The van der Waals surface area contributed by atoms with Crippen LogP contribution in [0.1, 0.15) is 35.4 Å². The lowest BCUT2D eigenvalue weighted by Crippen LogP contribution is -2.26. The molecule has 0 bridgehead atoms. The zero-order valence-corrected chi connectivity index (χ0v) is 16.0. The molecule has 1 saturated heterocycles. The average Bonchev–Trinajstić information content (AvgIpc) is 3.28. The summed E-state index contributed by atoms with van der Waals surface area (Å²) in [6.45, 7) is 4.16. The zero-order chi connectivity index (χ0) is 19.5. The summed E-state index contributed by atoms with van der Waals surface area (Å²) in [5.41, 5.74) is 3.60. The Bertz CT molecular complexity index is 1010. The van der Waals surface area contributed by atoms with Crippen LogP contribution < -0.4 is 10.2 Å². The third kappa shape index (κ3) is 3.63. The van der Waals surface area contributed by atoms with Crippen LogP contribution in [0.2, 0.25) is 0 Å². The molecule has 0 aliphatic carbocycles. The molecule has 2 amide bonds. The van der Waals surface area contributed by atoms with Gasteiger partial charge in [-0.3, -0.25) is 9.59 Å². The molecule has 2 aromatic carbocycles. The molecule has 6 heteroatoms. The van der Waals surface area contributed by atoms with E-state index in [1.54, 1.807) is 17.0 Å². The van der Waals surface area contributed by atoms with E-state index in [-0.39, 0.29) is 11.8 Å². The molecule has 6 nitrogen and oxygen atoms in total. The molecular formula is C22H24N4O2. The topological polar surface area (TPSA) is 67.2 Å². The molecule has 0 atom stereocenters. The van der Waals surface area contributed by atoms with Crippen LogP contribution in [-0.2, 0) is 11.3 Å². The van der Waals surface area contributed by atoms with Crippen LogP contribution in [0.25, 0.3) is 11.0 Å². The quantitative estimate of drug-likeness (QED) is 0.671. The molecule has 0 unspecified atom stereocenters. The third-order valence-corrected chi connectivity index (χ3v) is 5.20. The van der Waals surface area contributed by atoms with Crippen molar-refractivity contribution in [2.45, 2.75) is 32.7 Å². The van der Waals surface area contributed by atoms with Gasteiger partial charge in [-0.1, -0.05) is 12.1 Å². The minimum absolute atomic E-state index is 0.0912. The SMILES string of the molecule is Cc1nc2ccccc2n1CCCNC(=O)c1ccc(N2CCCC2=O)cc1. The second-order valence-electron chi connectivity index (χ2n) is 7.10. The van der Waals surface area contributed by atoms with Crippen molar-refractivity contribution in [3.8, 4) is 0 Å². The summed E-state index contributed by atoms with van der Waals surface area (Å²) in [5.74, 6) is 1.05. The van der Waals surface area contributed by atoms with Crippen molar-refractivity contribution in [2.75, 3.05) is 18.0 Å². The van der Waals surface area contributed by atoms with Gasteiger partial charge in [-0.05, 0) is 56.2 Å². The van der Waals surface area contributed by atoms with Crippen LogP contribution in [0, 0.1) is 6.92 Å².